The SMILES string of the molecule is CCN(CC)CCCC(C)NCc1ncnn1C. The molecular weight excluding hydrogens is 226 g/mol. The maximum absolute atomic E-state index is 4.20. The van der Waals surface area contributed by atoms with E-state index in [1.165, 1.54) is 19.4 Å². The van der Waals surface area contributed by atoms with Crippen molar-refractivity contribution < 1.29 is 0 Å². The number of rotatable bonds is 9. The van der Waals surface area contributed by atoms with Crippen molar-refractivity contribution >= 4 is 0 Å². The summed E-state index contributed by atoms with van der Waals surface area (Å²) in [6.45, 7) is 11.0. The third kappa shape index (κ3) is 5.14. The minimum atomic E-state index is 0.525. The Labute approximate surface area is 111 Å². The van der Waals surface area contributed by atoms with E-state index in [9.17, 15) is 0 Å². The number of aromatic nitrogens is 3. The minimum Gasteiger partial charge on any atom is -0.307 e. The Balaban J connectivity index is 2.14. The summed E-state index contributed by atoms with van der Waals surface area (Å²) in [7, 11) is 1.93. The zero-order valence-corrected chi connectivity index (χ0v) is 12.2. The lowest BCUT2D eigenvalue weighted by atomic mass is 10.1. The molecule has 104 valence electrons. The highest BCUT2D eigenvalue weighted by atomic mass is 15.3. The van der Waals surface area contributed by atoms with Crippen LogP contribution in [0, 0.1) is 0 Å². The smallest absolute Gasteiger partial charge is 0.140 e. The summed E-state index contributed by atoms with van der Waals surface area (Å²) in [5.41, 5.74) is 0. The summed E-state index contributed by atoms with van der Waals surface area (Å²) in [5, 5.41) is 7.55. The van der Waals surface area contributed by atoms with Crippen LogP contribution in [0.15, 0.2) is 6.33 Å². The molecule has 1 N–H and O–H groups in total. The van der Waals surface area contributed by atoms with Gasteiger partial charge in [0.25, 0.3) is 0 Å². The fraction of sp³-hybridized carbons (Fsp3) is 0.846. The molecule has 0 fully saturated rings. The van der Waals surface area contributed by atoms with Crippen LogP contribution in [0.4, 0.5) is 0 Å². The molecule has 0 aliphatic heterocycles. The Morgan fingerprint density at radius 1 is 1.39 bits per heavy atom. The van der Waals surface area contributed by atoms with Gasteiger partial charge in [0.1, 0.15) is 12.2 Å². The number of aryl methyl sites for hydroxylation is 1. The maximum atomic E-state index is 4.20. The van der Waals surface area contributed by atoms with Gasteiger partial charge in [0, 0.05) is 13.1 Å². The number of hydrogen-bond acceptors (Lipinski definition) is 4. The van der Waals surface area contributed by atoms with E-state index in [-0.39, 0.29) is 0 Å². The molecule has 1 unspecified atom stereocenters. The average Bonchev–Trinajstić information content (AvgIpc) is 2.78. The predicted molar refractivity (Wildman–Crippen MR) is 74.3 cm³/mol. The first-order valence-corrected chi connectivity index (χ1v) is 6.96. The van der Waals surface area contributed by atoms with Crippen LogP contribution in [0.3, 0.4) is 0 Å². The molecule has 18 heavy (non-hydrogen) atoms. The van der Waals surface area contributed by atoms with Crippen LogP contribution in [-0.4, -0.2) is 45.3 Å². The second-order valence-electron chi connectivity index (χ2n) is 4.75. The van der Waals surface area contributed by atoms with E-state index in [1.807, 2.05) is 11.7 Å². The molecule has 0 aliphatic rings. The molecule has 0 saturated heterocycles. The van der Waals surface area contributed by atoms with Crippen LogP contribution >= 0.6 is 0 Å². The highest BCUT2D eigenvalue weighted by Crippen LogP contribution is 2.01. The maximum Gasteiger partial charge on any atom is 0.140 e. The van der Waals surface area contributed by atoms with Crippen molar-refractivity contribution in [2.75, 3.05) is 19.6 Å². The monoisotopic (exact) mass is 253 g/mol. The zero-order valence-electron chi connectivity index (χ0n) is 12.2. The predicted octanol–water partition coefficient (Wildman–Crippen LogP) is 1.42. The highest BCUT2D eigenvalue weighted by molar-refractivity contribution is 4.83. The van der Waals surface area contributed by atoms with Crippen molar-refractivity contribution in [1.29, 1.82) is 0 Å². The molecule has 1 aromatic rings. The Morgan fingerprint density at radius 3 is 2.67 bits per heavy atom. The average molecular weight is 253 g/mol. The molecule has 1 heterocycles. The molecule has 0 aromatic carbocycles. The van der Waals surface area contributed by atoms with Gasteiger partial charge in [-0.3, -0.25) is 4.68 Å². The van der Waals surface area contributed by atoms with E-state index in [0.717, 1.165) is 25.5 Å². The molecule has 0 bridgehead atoms. The van der Waals surface area contributed by atoms with Crippen molar-refractivity contribution in [3.05, 3.63) is 12.2 Å². The molecular formula is C13H27N5. The molecule has 5 nitrogen and oxygen atoms in total. The van der Waals surface area contributed by atoms with Gasteiger partial charge in [-0.15, -0.1) is 0 Å². The fourth-order valence-corrected chi connectivity index (χ4v) is 2.01. The standard InChI is InChI=1S/C13H27N5/c1-5-18(6-2)9-7-8-12(3)14-10-13-15-11-16-17(13)4/h11-12,14H,5-10H2,1-4H3. The lowest BCUT2D eigenvalue weighted by Crippen LogP contribution is -2.29. The van der Waals surface area contributed by atoms with E-state index in [2.05, 4.69) is 41.1 Å². The highest BCUT2D eigenvalue weighted by Gasteiger charge is 2.05. The van der Waals surface area contributed by atoms with Gasteiger partial charge in [-0.2, -0.15) is 5.10 Å². The quantitative estimate of drug-likeness (QED) is 0.723. The zero-order chi connectivity index (χ0) is 13.4. The number of nitrogens with one attached hydrogen (secondary N) is 1. The Kier molecular flexibility index (Phi) is 6.90. The molecule has 0 saturated carbocycles. The van der Waals surface area contributed by atoms with Gasteiger partial charge in [0.15, 0.2) is 0 Å². The number of nitrogens with zero attached hydrogens (tertiary/aromatic N) is 4. The first-order valence-electron chi connectivity index (χ1n) is 6.96. The summed E-state index contributed by atoms with van der Waals surface area (Å²) in [6.07, 6.45) is 4.05. The Morgan fingerprint density at radius 2 is 2.11 bits per heavy atom. The Bertz CT molecular complexity index is 319. The second-order valence-corrected chi connectivity index (χ2v) is 4.75. The molecule has 0 spiro atoms. The van der Waals surface area contributed by atoms with Gasteiger partial charge in [-0.1, -0.05) is 13.8 Å². The summed E-state index contributed by atoms with van der Waals surface area (Å²) in [5.74, 6) is 0.991. The summed E-state index contributed by atoms with van der Waals surface area (Å²) >= 11 is 0. The van der Waals surface area contributed by atoms with E-state index in [0.29, 0.717) is 6.04 Å². The van der Waals surface area contributed by atoms with Crippen LogP contribution in [0.1, 0.15) is 39.4 Å². The fourth-order valence-electron chi connectivity index (χ4n) is 2.01. The van der Waals surface area contributed by atoms with Crippen LogP contribution < -0.4 is 5.32 Å². The second kappa shape index (κ2) is 8.21. The van der Waals surface area contributed by atoms with Gasteiger partial charge in [-0.05, 0) is 39.4 Å². The van der Waals surface area contributed by atoms with Crippen molar-refractivity contribution in [3.8, 4) is 0 Å². The topological polar surface area (TPSA) is 46.0 Å². The Hall–Kier alpha value is -0.940. The summed E-state index contributed by atoms with van der Waals surface area (Å²) in [6, 6.07) is 0.525. The van der Waals surface area contributed by atoms with E-state index in [4.69, 9.17) is 0 Å². The normalized spacial score (nSPS) is 13.2. The first-order chi connectivity index (χ1) is 8.67. The lowest BCUT2D eigenvalue weighted by molar-refractivity contribution is 0.290. The summed E-state index contributed by atoms with van der Waals surface area (Å²) in [4.78, 5) is 6.67. The van der Waals surface area contributed by atoms with E-state index in [1.54, 1.807) is 6.33 Å². The van der Waals surface area contributed by atoms with Gasteiger partial charge in [0.05, 0.1) is 6.54 Å². The molecule has 0 radical (unpaired) electrons. The largest absolute Gasteiger partial charge is 0.307 e. The van der Waals surface area contributed by atoms with Crippen LogP contribution in [0.25, 0.3) is 0 Å². The molecule has 0 aliphatic carbocycles. The van der Waals surface area contributed by atoms with E-state index < -0.39 is 0 Å². The molecule has 0 amide bonds. The minimum absolute atomic E-state index is 0.525. The molecule has 5 heteroatoms. The van der Waals surface area contributed by atoms with E-state index >= 15 is 0 Å². The van der Waals surface area contributed by atoms with Crippen LogP contribution in [-0.2, 0) is 13.6 Å². The van der Waals surface area contributed by atoms with Crippen molar-refractivity contribution in [3.63, 3.8) is 0 Å². The van der Waals surface area contributed by atoms with Gasteiger partial charge in [-0.25, -0.2) is 4.98 Å². The van der Waals surface area contributed by atoms with Crippen molar-refractivity contribution in [1.82, 2.24) is 25.0 Å². The lowest BCUT2D eigenvalue weighted by Gasteiger charge is -2.19. The van der Waals surface area contributed by atoms with Crippen molar-refractivity contribution in [2.45, 2.75) is 46.2 Å². The molecule has 1 rings (SSSR count). The first kappa shape index (κ1) is 15.1. The summed E-state index contributed by atoms with van der Waals surface area (Å²) < 4.78 is 1.82. The van der Waals surface area contributed by atoms with Crippen LogP contribution in [0.5, 0.6) is 0 Å². The third-order valence-electron chi connectivity index (χ3n) is 3.42. The molecule has 1 aromatic heterocycles. The van der Waals surface area contributed by atoms with Gasteiger partial charge in [0.2, 0.25) is 0 Å². The van der Waals surface area contributed by atoms with Gasteiger partial charge >= 0.3 is 0 Å². The van der Waals surface area contributed by atoms with Crippen molar-refractivity contribution in [2.24, 2.45) is 7.05 Å². The third-order valence-corrected chi connectivity index (χ3v) is 3.42. The number of hydrogen-bond donors (Lipinski definition) is 1. The van der Waals surface area contributed by atoms with Gasteiger partial charge < -0.3 is 10.2 Å². The van der Waals surface area contributed by atoms with Crippen LogP contribution in [0.2, 0.25) is 0 Å². The molecule has 1 atom stereocenters.